The van der Waals surface area contributed by atoms with E-state index < -0.39 is 6.04 Å². The van der Waals surface area contributed by atoms with Crippen LogP contribution >= 0.6 is 0 Å². The van der Waals surface area contributed by atoms with Gasteiger partial charge in [-0.2, -0.15) is 0 Å². The molecule has 5 nitrogen and oxygen atoms in total. The van der Waals surface area contributed by atoms with Gasteiger partial charge in [0.2, 0.25) is 11.8 Å². The largest absolute Gasteiger partial charge is 0.497 e. The summed E-state index contributed by atoms with van der Waals surface area (Å²) in [6.45, 7) is 4.23. The smallest absolute Gasteiger partial charge is 0.247 e. The Morgan fingerprint density at radius 1 is 0.903 bits per heavy atom. The average molecular weight is 417 g/mol. The van der Waals surface area contributed by atoms with Crippen LogP contribution in [0.2, 0.25) is 0 Å². The predicted molar refractivity (Wildman–Crippen MR) is 121 cm³/mol. The summed E-state index contributed by atoms with van der Waals surface area (Å²) in [4.78, 5) is 27.5. The molecule has 5 heteroatoms. The number of nitrogens with zero attached hydrogens (tertiary/aromatic N) is 1. The van der Waals surface area contributed by atoms with E-state index in [1.165, 1.54) is 12.5 Å². The number of nitrogens with one attached hydrogen (secondary N) is 1. The molecule has 0 aliphatic rings. The minimum Gasteiger partial charge on any atom is -0.497 e. The first-order valence-corrected chi connectivity index (χ1v) is 10.3. The zero-order valence-electron chi connectivity index (χ0n) is 18.2. The van der Waals surface area contributed by atoms with E-state index in [1.54, 1.807) is 12.0 Å². The number of rotatable bonds is 8. The molecule has 0 fully saturated rings. The van der Waals surface area contributed by atoms with Crippen LogP contribution in [0.4, 0.5) is 0 Å². The van der Waals surface area contributed by atoms with Crippen LogP contribution in [-0.2, 0) is 22.7 Å². The third-order valence-electron chi connectivity index (χ3n) is 5.18. The van der Waals surface area contributed by atoms with Crippen molar-refractivity contribution in [3.63, 3.8) is 0 Å². The number of aryl methyl sites for hydroxylation is 1. The highest BCUT2D eigenvalue weighted by atomic mass is 16.5. The Balaban J connectivity index is 1.85. The second kappa shape index (κ2) is 10.4. The van der Waals surface area contributed by atoms with Crippen molar-refractivity contribution in [1.82, 2.24) is 10.2 Å². The fourth-order valence-corrected chi connectivity index (χ4v) is 3.41. The van der Waals surface area contributed by atoms with Crippen LogP contribution in [0.15, 0.2) is 78.9 Å². The molecule has 0 spiro atoms. The van der Waals surface area contributed by atoms with Gasteiger partial charge in [-0.15, -0.1) is 0 Å². The number of carbonyl (C=O) groups is 2. The summed E-state index contributed by atoms with van der Waals surface area (Å²) in [6, 6.07) is 24.2. The van der Waals surface area contributed by atoms with Crippen molar-refractivity contribution in [3.8, 4) is 5.75 Å². The highest BCUT2D eigenvalue weighted by molar-refractivity contribution is 5.88. The maximum Gasteiger partial charge on any atom is 0.247 e. The molecule has 0 radical (unpaired) electrons. The normalized spacial score (nSPS) is 11.5. The maximum atomic E-state index is 13.3. The molecule has 0 heterocycles. The molecule has 0 saturated carbocycles. The fraction of sp³-hybridized carbons (Fsp3) is 0.231. The summed E-state index contributed by atoms with van der Waals surface area (Å²) in [6.07, 6.45) is 0. The molecule has 0 aliphatic carbocycles. The van der Waals surface area contributed by atoms with E-state index >= 15 is 0 Å². The van der Waals surface area contributed by atoms with Crippen LogP contribution in [-0.4, -0.2) is 23.8 Å². The monoisotopic (exact) mass is 416 g/mol. The van der Waals surface area contributed by atoms with E-state index in [0.717, 1.165) is 22.4 Å². The van der Waals surface area contributed by atoms with E-state index in [2.05, 4.69) is 5.32 Å². The van der Waals surface area contributed by atoms with E-state index in [1.807, 2.05) is 85.8 Å². The Bertz CT molecular complexity index is 999. The van der Waals surface area contributed by atoms with Crippen LogP contribution in [0.25, 0.3) is 0 Å². The van der Waals surface area contributed by atoms with Gasteiger partial charge >= 0.3 is 0 Å². The minimum atomic E-state index is -0.730. The maximum absolute atomic E-state index is 13.3. The predicted octanol–water partition coefficient (Wildman–Crippen LogP) is 4.41. The van der Waals surface area contributed by atoms with Crippen molar-refractivity contribution in [2.45, 2.75) is 33.0 Å². The molecule has 0 saturated heterocycles. The molecule has 0 aliphatic heterocycles. The molecular weight excluding hydrogens is 388 g/mol. The molecule has 3 rings (SSSR count). The van der Waals surface area contributed by atoms with E-state index in [-0.39, 0.29) is 11.8 Å². The Hall–Kier alpha value is -3.60. The van der Waals surface area contributed by atoms with Gasteiger partial charge in [-0.25, -0.2) is 0 Å². The van der Waals surface area contributed by atoms with Gasteiger partial charge < -0.3 is 15.0 Å². The van der Waals surface area contributed by atoms with Crippen molar-refractivity contribution < 1.29 is 14.3 Å². The molecule has 3 aromatic rings. The Morgan fingerprint density at radius 3 is 2.10 bits per heavy atom. The quantitative estimate of drug-likeness (QED) is 0.592. The topological polar surface area (TPSA) is 58.6 Å². The molecule has 3 aromatic carbocycles. The number of amides is 2. The van der Waals surface area contributed by atoms with Gasteiger partial charge in [0.05, 0.1) is 7.11 Å². The highest BCUT2D eigenvalue weighted by Crippen LogP contribution is 2.24. The molecule has 2 amide bonds. The lowest BCUT2D eigenvalue weighted by atomic mass is 10.0. The molecule has 160 valence electrons. The number of carbonyl (C=O) groups excluding carboxylic acids is 2. The van der Waals surface area contributed by atoms with Gasteiger partial charge in [0.25, 0.3) is 0 Å². The van der Waals surface area contributed by atoms with Crippen LogP contribution in [0, 0.1) is 6.92 Å². The van der Waals surface area contributed by atoms with Crippen molar-refractivity contribution in [2.75, 3.05) is 7.11 Å². The van der Waals surface area contributed by atoms with Gasteiger partial charge in [-0.1, -0.05) is 72.3 Å². The summed E-state index contributed by atoms with van der Waals surface area (Å²) in [5.41, 5.74) is 3.87. The zero-order valence-corrected chi connectivity index (χ0v) is 18.2. The summed E-state index contributed by atoms with van der Waals surface area (Å²) in [5.74, 6) is 0.360. The van der Waals surface area contributed by atoms with Crippen molar-refractivity contribution in [1.29, 1.82) is 0 Å². The Morgan fingerprint density at radius 2 is 1.52 bits per heavy atom. The van der Waals surface area contributed by atoms with E-state index in [4.69, 9.17) is 4.74 Å². The Labute approximate surface area is 183 Å². The molecule has 0 bridgehead atoms. The molecule has 1 atom stereocenters. The van der Waals surface area contributed by atoms with Gasteiger partial charge in [-0.3, -0.25) is 9.59 Å². The van der Waals surface area contributed by atoms with Crippen molar-refractivity contribution in [3.05, 3.63) is 101 Å². The lowest BCUT2D eigenvalue weighted by Gasteiger charge is -2.30. The SMILES string of the molecule is COc1ccc(CN(C(C)=O)[C@@H](C(=O)NCc2ccc(C)cc2)c2ccccc2)cc1. The summed E-state index contributed by atoms with van der Waals surface area (Å²) in [5, 5.41) is 3.00. The molecule has 0 unspecified atom stereocenters. The number of benzene rings is 3. The first-order valence-electron chi connectivity index (χ1n) is 10.3. The number of hydrogen-bond acceptors (Lipinski definition) is 3. The third kappa shape index (κ3) is 5.95. The molecular formula is C26H28N2O3. The first-order chi connectivity index (χ1) is 15.0. The Kier molecular flexibility index (Phi) is 7.44. The van der Waals surface area contributed by atoms with E-state index in [9.17, 15) is 9.59 Å². The molecule has 31 heavy (non-hydrogen) atoms. The summed E-state index contributed by atoms with van der Waals surface area (Å²) in [7, 11) is 1.61. The summed E-state index contributed by atoms with van der Waals surface area (Å²) < 4.78 is 5.21. The first kappa shape index (κ1) is 22.1. The zero-order chi connectivity index (χ0) is 22.2. The fourth-order valence-electron chi connectivity index (χ4n) is 3.41. The number of hydrogen-bond donors (Lipinski definition) is 1. The van der Waals surface area contributed by atoms with Gasteiger partial charge in [-0.05, 0) is 35.7 Å². The second-order valence-electron chi connectivity index (χ2n) is 7.51. The molecule has 1 N–H and O–H groups in total. The van der Waals surface area contributed by atoms with Crippen LogP contribution < -0.4 is 10.1 Å². The van der Waals surface area contributed by atoms with Gasteiger partial charge in [0.1, 0.15) is 11.8 Å². The summed E-state index contributed by atoms with van der Waals surface area (Å²) >= 11 is 0. The number of ether oxygens (including phenoxy) is 1. The average Bonchev–Trinajstić information content (AvgIpc) is 2.79. The van der Waals surface area contributed by atoms with Crippen molar-refractivity contribution >= 4 is 11.8 Å². The van der Waals surface area contributed by atoms with Gasteiger partial charge in [0.15, 0.2) is 0 Å². The molecule has 0 aromatic heterocycles. The minimum absolute atomic E-state index is 0.171. The standard InChI is InChI=1S/C26H28N2O3/c1-19-9-11-21(12-10-19)17-27-26(30)25(23-7-5-4-6-8-23)28(20(2)29)18-22-13-15-24(31-3)16-14-22/h4-16,25H,17-18H2,1-3H3,(H,27,30)/t25-/m1/s1. The third-order valence-corrected chi connectivity index (χ3v) is 5.18. The highest BCUT2D eigenvalue weighted by Gasteiger charge is 2.29. The van der Waals surface area contributed by atoms with Gasteiger partial charge in [0, 0.05) is 20.0 Å². The van der Waals surface area contributed by atoms with Crippen LogP contribution in [0.5, 0.6) is 5.75 Å². The number of methoxy groups -OCH3 is 1. The van der Waals surface area contributed by atoms with E-state index in [0.29, 0.717) is 13.1 Å². The van der Waals surface area contributed by atoms with Crippen LogP contribution in [0.1, 0.15) is 35.2 Å². The lowest BCUT2D eigenvalue weighted by Crippen LogP contribution is -2.42. The lowest BCUT2D eigenvalue weighted by molar-refractivity contribution is -0.140. The van der Waals surface area contributed by atoms with Crippen LogP contribution in [0.3, 0.4) is 0 Å². The second-order valence-corrected chi connectivity index (χ2v) is 7.51. The van der Waals surface area contributed by atoms with Crippen molar-refractivity contribution in [2.24, 2.45) is 0 Å².